The number of hydrogen-bond donors (Lipinski definition) is 2. The van der Waals surface area contributed by atoms with E-state index in [0.717, 1.165) is 12.8 Å². The van der Waals surface area contributed by atoms with Crippen molar-refractivity contribution in [2.75, 3.05) is 0 Å². The van der Waals surface area contributed by atoms with Crippen molar-refractivity contribution in [2.24, 2.45) is 0 Å². The summed E-state index contributed by atoms with van der Waals surface area (Å²) >= 11 is 0. The maximum absolute atomic E-state index is 10.1. The smallest absolute Gasteiger partial charge is 0.372 e. The molecule has 0 aliphatic rings. The number of carbonyl (C=O) groups is 3. The predicted octanol–water partition coefficient (Wildman–Crippen LogP) is 1.70. The highest BCUT2D eigenvalue weighted by atomic mass is 16.4. The highest BCUT2D eigenvalue weighted by Crippen LogP contribution is 1.91. The molecule has 0 aromatic rings. The lowest BCUT2D eigenvalue weighted by Gasteiger charge is -1.85. The molecule has 0 bridgehead atoms. The number of carboxylic acid groups (broad SMARTS) is 2. The molecule has 0 amide bonds. The molecular weight excluding hydrogens is 200 g/mol. The van der Waals surface area contributed by atoms with Gasteiger partial charge in [0.1, 0.15) is 0 Å². The van der Waals surface area contributed by atoms with Gasteiger partial charge in [-0.2, -0.15) is 0 Å². The van der Waals surface area contributed by atoms with Gasteiger partial charge in [0.15, 0.2) is 0 Å². The van der Waals surface area contributed by atoms with Gasteiger partial charge in [-0.05, 0) is 12.8 Å². The molecular formula is C10H18O5. The Morgan fingerprint density at radius 1 is 0.933 bits per heavy atom. The number of carbonyl (C=O) groups excluding carboxylic acids is 1. The van der Waals surface area contributed by atoms with E-state index in [1.807, 2.05) is 6.92 Å². The first-order valence-electron chi connectivity index (χ1n) is 4.93. The molecule has 0 aliphatic carbocycles. The molecule has 0 radical (unpaired) electrons. The molecule has 0 atom stereocenters. The first-order chi connectivity index (χ1) is 6.95. The summed E-state index contributed by atoms with van der Waals surface area (Å²) in [7, 11) is 0. The van der Waals surface area contributed by atoms with E-state index in [1.54, 1.807) is 6.92 Å². The predicted molar refractivity (Wildman–Crippen MR) is 54.7 cm³/mol. The number of aliphatic carboxylic acids is 2. The summed E-state index contributed by atoms with van der Waals surface area (Å²) in [6.45, 7) is 3.74. The molecule has 15 heavy (non-hydrogen) atoms. The molecule has 0 aromatic heterocycles. The van der Waals surface area contributed by atoms with Gasteiger partial charge in [0.2, 0.25) is 5.78 Å². The van der Waals surface area contributed by atoms with E-state index in [1.165, 1.54) is 0 Å². The van der Waals surface area contributed by atoms with Crippen molar-refractivity contribution in [1.29, 1.82) is 0 Å². The van der Waals surface area contributed by atoms with Gasteiger partial charge < -0.3 is 10.2 Å². The van der Waals surface area contributed by atoms with Crippen LogP contribution in [0.15, 0.2) is 0 Å². The van der Waals surface area contributed by atoms with E-state index in [2.05, 4.69) is 0 Å². The fraction of sp³-hybridized carbons (Fsp3) is 0.700. The summed E-state index contributed by atoms with van der Waals surface area (Å²) in [5.41, 5.74) is 0. The van der Waals surface area contributed by atoms with Crippen LogP contribution in [-0.2, 0) is 14.4 Å². The lowest BCUT2D eigenvalue weighted by molar-refractivity contribution is -0.149. The highest BCUT2D eigenvalue weighted by Gasteiger charge is 2.07. The van der Waals surface area contributed by atoms with Crippen LogP contribution in [0.1, 0.15) is 46.0 Å². The van der Waals surface area contributed by atoms with Crippen molar-refractivity contribution >= 4 is 17.7 Å². The second-order valence-corrected chi connectivity index (χ2v) is 2.98. The minimum Gasteiger partial charge on any atom is -0.481 e. The Bertz CT molecular complexity index is 210. The molecule has 5 heteroatoms. The van der Waals surface area contributed by atoms with E-state index in [0.29, 0.717) is 12.8 Å². The zero-order chi connectivity index (χ0) is 12.3. The molecule has 0 aliphatic heterocycles. The maximum Gasteiger partial charge on any atom is 0.372 e. The van der Waals surface area contributed by atoms with Crippen molar-refractivity contribution < 1.29 is 24.6 Å². The fourth-order valence-corrected chi connectivity index (χ4v) is 0.662. The summed E-state index contributed by atoms with van der Waals surface area (Å²) in [5.74, 6) is -2.72. The Balaban J connectivity index is 0. The zero-order valence-corrected chi connectivity index (χ0v) is 9.15. The molecule has 88 valence electrons. The van der Waals surface area contributed by atoms with Crippen LogP contribution in [0.4, 0.5) is 0 Å². The van der Waals surface area contributed by atoms with Gasteiger partial charge in [0.05, 0.1) is 0 Å². The summed E-state index contributed by atoms with van der Waals surface area (Å²) in [4.78, 5) is 29.6. The molecule has 0 saturated carbocycles. The number of ketones is 1. The Hall–Kier alpha value is -1.39. The third-order valence-electron chi connectivity index (χ3n) is 1.46. The van der Waals surface area contributed by atoms with Crippen LogP contribution in [0.25, 0.3) is 0 Å². The van der Waals surface area contributed by atoms with Crippen LogP contribution in [0.2, 0.25) is 0 Å². The second kappa shape index (κ2) is 10.7. The summed E-state index contributed by atoms with van der Waals surface area (Å²) in [6, 6.07) is 0. The third kappa shape index (κ3) is 15.4. The standard InChI is InChI=1S/C5H8O3.C5H10O2/c1-2-3-4(6)5(7)8;1-2-3-4-5(6)7/h2-3H2,1H3,(H,7,8);2-4H2,1H3,(H,6,7). The van der Waals surface area contributed by atoms with Crippen LogP contribution in [0.3, 0.4) is 0 Å². The lowest BCUT2D eigenvalue weighted by atomic mass is 10.2. The first kappa shape index (κ1) is 16.1. The molecule has 0 unspecified atom stereocenters. The Morgan fingerprint density at radius 3 is 1.60 bits per heavy atom. The van der Waals surface area contributed by atoms with E-state index in [4.69, 9.17) is 10.2 Å². The van der Waals surface area contributed by atoms with Crippen molar-refractivity contribution in [3.63, 3.8) is 0 Å². The number of carboxylic acids is 2. The van der Waals surface area contributed by atoms with Crippen LogP contribution < -0.4 is 0 Å². The van der Waals surface area contributed by atoms with Crippen LogP contribution in [0, 0.1) is 0 Å². The number of Topliss-reactive ketones (excluding diaryl/α,β-unsaturated/α-hetero) is 1. The maximum atomic E-state index is 10.1. The van der Waals surface area contributed by atoms with Gasteiger partial charge in [0.25, 0.3) is 0 Å². The normalized spacial score (nSPS) is 8.67. The zero-order valence-electron chi connectivity index (χ0n) is 9.15. The van der Waals surface area contributed by atoms with Crippen molar-refractivity contribution in [3.8, 4) is 0 Å². The molecule has 0 spiro atoms. The van der Waals surface area contributed by atoms with Gasteiger partial charge >= 0.3 is 11.9 Å². The van der Waals surface area contributed by atoms with E-state index >= 15 is 0 Å². The molecule has 0 heterocycles. The van der Waals surface area contributed by atoms with Crippen LogP contribution in [-0.4, -0.2) is 27.9 Å². The number of hydrogen-bond acceptors (Lipinski definition) is 3. The van der Waals surface area contributed by atoms with Gasteiger partial charge in [-0.15, -0.1) is 0 Å². The molecule has 0 saturated heterocycles. The third-order valence-corrected chi connectivity index (χ3v) is 1.46. The minimum absolute atomic E-state index is 0.148. The fourth-order valence-electron chi connectivity index (χ4n) is 0.662. The molecule has 0 aromatic carbocycles. The molecule has 0 fully saturated rings. The monoisotopic (exact) mass is 218 g/mol. The van der Waals surface area contributed by atoms with Gasteiger partial charge in [-0.1, -0.05) is 20.3 Å². The Labute approximate surface area is 89.1 Å². The van der Waals surface area contributed by atoms with Crippen molar-refractivity contribution in [2.45, 2.75) is 46.0 Å². The Kier molecular flexibility index (Phi) is 11.4. The topological polar surface area (TPSA) is 91.7 Å². The SMILES string of the molecule is CCCC(=O)C(=O)O.CCCCC(=O)O. The van der Waals surface area contributed by atoms with Crippen LogP contribution in [0.5, 0.6) is 0 Å². The van der Waals surface area contributed by atoms with Gasteiger partial charge in [-0.25, -0.2) is 4.79 Å². The van der Waals surface area contributed by atoms with Crippen LogP contribution >= 0.6 is 0 Å². The minimum atomic E-state index is -1.33. The average molecular weight is 218 g/mol. The first-order valence-corrected chi connectivity index (χ1v) is 4.93. The largest absolute Gasteiger partial charge is 0.481 e. The van der Waals surface area contributed by atoms with Gasteiger partial charge in [-0.3, -0.25) is 9.59 Å². The van der Waals surface area contributed by atoms with Gasteiger partial charge in [0, 0.05) is 12.8 Å². The van der Waals surface area contributed by atoms with Crippen molar-refractivity contribution in [3.05, 3.63) is 0 Å². The van der Waals surface area contributed by atoms with E-state index in [-0.39, 0.29) is 6.42 Å². The van der Waals surface area contributed by atoms with Crippen molar-refractivity contribution in [1.82, 2.24) is 0 Å². The molecule has 2 N–H and O–H groups in total. The molecule has 5 nitrogen and oxygen atoms in total. The summed E-state index contributed by atoms with van der Waals surface area (Å²) in [6.07, 6.45) is 2.83. The highest BCUT2D eigenvalue weighted by molar-refractivity contribution is 6.32. The Morgan fingerprint density at radius 2 is 1.47 bits per heavy atom. The molecule has 0 rings (SSSR count). The quantitative estimate of drug-likeness (QED) is 0.662. The summed E-state index contributed by atoms with van der Waals surface area (Å²) in [5, 5.41) is 16.0. The van der Waals surface area contributed by atoms with E-state index in [9.17, 15) is 14.4 Å². The lowest BCUT2D eigenvalue weighted by Crippen LogP contribution is -2.10. The summed E-state index contributed by atoms with van der Waals surface area (Å²) < 4.78 is 0. The number of unbranched alkanes of at least 4 members (excludes halogenated alkanes) is 1. The van der Waals surface area contributed by atoms with E-state index < -0.39 is 17.7 Å². The number of rotatable bonds is 6. The average Bonchev–Trinajstić information content (AvgIpc) is 2.16. The second-order valence-electron chi connectivity index (χ2n) is 2.98.